The normalized spacial score (nSPS) is 10.6. The molecule has 0 spiro atoms. The van der Waals surface area contributed by atoms with Crippen molar-refractivity contribution in [2.45, 2.75) is 13.8 Å². The summed E-state index contributed by atoms with van der Waals surface area (Å²) in [5.41, 5.74) is 4.32. The number of fused-ring (bicyclic) bond motifs is 1. The van der Waals surface area contributed by atoms with Crippen LogP contribution in [0, 0.1) is 13.8 Å². The number of nitrogens with one attached hydrogen (secondary N) is 1. The van der Waals surface area contributed by atoms with Gasteiger partial charge in [-0.3, -0.25) is 4.79 Å². The number of hydrogen-bond donors (Lipinski definition) is 1. The van der Waals surface area contributed by atoms with Crippen molar-refractivity contribution in [3.8, 4) is 0 Å². The fraction of sp³-hybridized carbons (Fsp3) is 0.188. The SMILES string of the molecule is Cc1ccc(C)c(NC(=O)COn2nnc3ccccc32)c1. The molecule has 3 aromatic rings. The molecule has 112 valence electrons. The maximum atomic E-state index is 12.0. The molecule has 2 aromatic carbocycles. The Morgan fingerprint density at radius 2 is 2.05 bits per heavy atom. The molecule has 0 radical (unpaired) electrons. The van der Waals surface area contributed by atoms with E-state index in [4.69, 9.17) is 4.84 Å². The van der Waals surface area contributed by atoms with Crippen LogP contribution in [0.3, 0.4) is 0 Å². The quantitative estimate of drug-likeness (QED) is 0.800. The molecule has 6 heteroatoms. The van der Waals surface area contributed by atoms with E-state index >= 15 is 0 Å². The van der Waals surface area contributed by atoms with Gasteiger partial charge in [-0.15, -0.1) is 5.10 Å². The van der Waals surface area contributed by atoms with E-state index in [9.17, 15) is 4.79 Å². The standard InChI is InChI=1S/C16H16N4O2/c1-11-7-8-12(2)14(9-11)17-16(21)10-22-20-15-6-4-3-5-13(15)18-19-20/h3-9H,10H2,1-2H3,(H,17,21). The van der Waals surface area contributed by atoms with Crippen molar-refractivity contribution in [3.63, 3.8) is 0 Å². The summed E-state index contributed by atoms with van der Waals surface area (Å²) in [6, 6.07) is 13.3. The van der Waals surface area contributed by atoms with E-state index in [1.54, 1.807) is 0 Å². The van der Waals surface area contributed by atoms with Crippen molar-refractivity contribution in [3.05, 3.63) is 53.6 Å². The number of rotatable bonds is 4. The van der Waals surface area contributed by atoms with Crippen LogP contribution >= 0.6 is 0 Å². The lowest BCUT2D eigenvalue weighted by Crippen LogP contribution is -2.26. The summed E-state index contributed by atoms with van der Waals surface area (Å²) in [4.78, 5) is 18.7. The van der Waals surface area contributed by atoms with Crippen molar-refractivity contribution >= 4 is 22.6 Å². The highest BCUT2D eigenvalue weighted by atomic mass is 16.7. The molecule has 3 rings (SSSR count). The molecule has 22 heavy (non-hydrogen) atoms. The molecule has 6 nitrogen and oxygen atoms in total. The topological polar surface area (TPSA) is 69.0 Å². The minimum absolute atomic E-state index is 0.138. The van der Waals surface area contributed by atoms with Gasteiger partial charge in [-0.2, -0.15) is 0 Å². The lowest BCUT2D eigenvalue weighted by atomic mass is 10.1. The summed E-state index contributed by atoms with van der Waals surface area (Å²) >= 11 is 0. The zero-order chi connectivity index (χ0) is 15.5. The number of anilines is 1. The van der Waals surface area contributed by atoms with E-state index in [1.807, 2.05) is 56.3 Å². The molecular weight excluding hydrogens is 280 g/mol. The van der Waals surface area contributed by atoms with Gasteiger partial charge < -0.3 is 10.2 Å². The molecule has 1 N–H and O–H groups in total. The summed E-state index contributed by atoms with van der Waals surface area (Å²) in [5, 5.41) is 10.7. The fourth-order valence-corrected chi connectivity index (χ4v) is 2.12. The van der Waals surface area contributed by atoms with Crippen molar-refractivity contribution in [1.29, 1.82) is 0 Å². The van der Waals surface area contributed by atoms with Crippen LogP contribution in [-0.2, 0) is 4.79 Å². The molecule has 1 heterocycles. The Labute approximate surface area is 127 Å². The molecule has 1 aromatic heterocycles. The summed E-state index contributed by atoms with van der Waals surface area (Å²) in [5.74, 6) is -0.242. The molecule has 0 unspecified atom stereocenters. The van der Waals surface area contributed by atoms with Crippen LogP contribution in [0.1, 0.15) is 11.1 Å². The highest BCUT2D eigenvalue weighted by Gasteiger charge is 2.09. The summed E-state index contributed by atoms with van der Waals surface area (Å²) in [7, 11) is 0. The number of benzene rings is 2. The highest BCUT2D eigenvalue weighted by molar-refractivity contribution is 5.92. The average molecular weight is 296 g/mol. The average Bonchev–Trinajstić information content (AvgIpc) is 2.92. The number of aryl methyl sites for hydroxylation is 2. The van der Waals surface area contributed by atoms with Gasteiger partial charge in [0.2, 0.25) is 0 Å². The van der Waals surface area contributed by atoms with Crippen LogP contribution in [0.15, 0.2) is 42.5 Å². The number of amides is 1. The van der Waals surface area contributed by atoms with Crippen molar-refractivity contribution in [2.24, 2.45) is 0 Å². The van der Waals surface area contributed by atoms with E-state index in [0.717, 1.165) is 27.8 Å². The number of aromatic nitrogens is 3. The lowest BCUT2D eigenvalue weighted by Gasteiger charge is -2.10. The van der Waals surface area contributed by atoms with Gasteiger partial charge in [0.05, 0.1) is 0 Å². The van der Waals surface area contributed by atoms with E-state index in [1.165, 1.54) is 4.85 Å². The van der Waals surface area contributed by atoms with Gasteiger partial charge in [0, 0.05) is 5.69 Å². The second-order valence-electron chi connectivity index (χ2n) is 5.09. The Bertz CT molecular complexity index is 826. The lowest BCUT2D eigenvalue weighted by molar-refractivity contribution is -0.121. The number of nitrogens with zero attached hydrogens (tertiary/aromatic N) is 3. The third-order valence-electron chi connectivity index (χ3n) is 3.31. The zero-order valence-corrected chi connectivity index (χ0v) is 12.4. The Morgan fingerprint density at radius 1 is 1.23 bits per heavy atom. The largest absolute Gasteiger partial charge is 0.385 e. The van der Waals surface area contributed by atoms with Gasteiger partial charge in [-0.05, 0) is 48.4 Å². The van der Waals surface area contributed by atoms with Gasteiger partial charge in [-0.1, -0.05) is 29.1 Å². The van der Waals surface area contributed by atoms with Crippen molar-refractivity contribution in [1.82, 2.24) is 15.2 Å². The maximum absolute atomic E-state index is 12.0. The van der Waals surface area contributed by atoms with Gasteiger partial charge in [0.25, 0.3) is 5.91 Å². The van der Waals surface area contributed by atoms with Crippen LogP contribution in [-0.4, -0.2) is 27.7 Å². The first-order valence-corrected chi connectivity index (χ1v) is 6.94. The van der Waals surface area contributed by atoms with E-state index in [-0.39, 0.29) is 12.5 Å². The molecule has 0 fully saturated rings. The van der Waals surface area contributed by atoms with Crippen molar-refractivity contribution < 1.29 is 9.63 Å². The molecule has 0 saturated carbocycles. The minimum atomic E-state index is -0.242. The van der Waals surface area contributed by atoms with Gasteiger partial charge in [-0.25, -0.2) is 0 Å². The smallest absolute Gasteiger partial charge is 0.265 e. The predicted molar refractivity (Wildman–Crippen MR) is 83.5 cm³/mol. The van der Waals surface area contributed by atoms with Gasteiger partial charge >= 0.3 is 0 Å². The molecular formula is C16H16N4O2. The third-order valence-corrected chi connectivity index (χ3v) is 3.31. The molecule has 0 bridgehead atoms. The van der Waals surface area contributed by atoms with Crippen molar-refractivity contribution in [2.75, 3.05) is 11.9 Å². The molecule has 0 saturated heterocycles. The fourth-order valence-electron chi connectivity index (χ4n) is 2.12. The molecule has 0 atom stereocenters. The summed E-state index contributed by atoms with van der Waals surface area (Å²) < 4.78 is 0. The molecule has 0 aliphatic heterocycles. The molecule has 1 amide bonds. The summed E-state index contributed by atoms with van der Waals surface area (Å²) in [6.45, 7) is 3.79. The predicted octanol–water partition coefficient (Wildman–Crippen LogP) is 2.12. The zero-order valence-electron chi connectivity index (χ0n) is 12.4. The number of carbonyl (C=O) groups is 1. The first-order chi connectivity index (χ1) is 10.6. The monoisotopic (exact) mass is 296 g/mol. The maximum Gasteiger partial charge on any atom is 0.265 e. The van der Waals surface area contributed by atoms with Crippen LogP contribution in [0.25, 0.3) is 11.0 Å². The Balaban J connectivity index is 1.66. The number of hydrogen-bond acceptors (Lipinski definition) is 4. The van der Waals surface area contributed by atoms with E-state index in [0.29, 0.717) is 0 Å². The molecule has 0 aliphatic rings. The second kappa shape index (κ2) is 5.85. The van der Waals surface area contributed by atoms with Gasteiger partial charge in [0.15, 0.2) is 6.61 Å². The van der Waals surface area contributed by atoms with Crippen LogP contribution in [0.2, 0.25) is 0 Å². The van der Waals surface area contributed by atoms with Crippen LogP contribution in [0.5, 0.6) is 0 Å². The van der Waals surface area contributed by atoms with E-state index in [2.05, 4.69) is 15.6 Å². The second-order valence-corrected chi connectivity index (χ2v) is 5.09. The number of para-hydroxylation sites is 1. The number of carbonyl (C=O) groups excluding carboxylic acids is 1. The van der Waals surface area contributed by atoms with E-state index < -0.39 is 0 Å². The minimum Gasteiger partial charge on any atom is -0.385 e. The van der Waals surface area contributed by atoms with Gasteiger partial charge in [0.1, 0.15) is 11.0 Å². The first-order valence-electron chi connectivity index (χ1n) is 6.94. The van der Waals surface area contributed by atoms with Crippen LogP contribution < -0.4 is 10.2 Å². The Kier molecular flexibility index (Phi) is 3.74. The molecule has 0 aliphatic carbocycles. The van der Waals surface area contributed by atoms with Crippen LogP contribution in [0.4, 0.5) is 5.69 Å². The summed E-state index contributed by atoms with van der Waals surface area (Å²) in [6.07, 6.45) is 0. The Hall–Kier alpha value is -2.89. The third kappa shape index (κ3) is 2.90. The first kappa shape index (κ1) is 14.1. The Morgan fingerprint density at radius 3 is 2.91 bits per heavy atom. The highest BCUT2D eigenvalue weighted by Crippen LogP contribution is 2.16.